The second-order valence-corrected chi connectivity index (χ2v) is 10.9. The van der Waals surface area contributed by atoms with Crippen LogP contribution in [0.5, 0.6) is 0 Å². The summed E-state index contributed by atoms with van der Waals surface area (Å²) < 4.78 is 36.9. The number of halogens is 9. The molecule has 1 aliphatic rings. The second kappa shape index (κ2) is 8.71. The Hall–Kier alpha value is -0.240. The first kappa shape index (κ1) is 25.0. The lowest BCUT2D eigenvalue weighted by atomic mass is 10.1. The fraction of sp³-hybridized carbons (Fsp3) is 0.471. The Balaban J connectivity index is 2.24. The van der Waals surface area contributed by atoms with E-state index in [1.165, 1.54) is 6.08 Å². The minimum absolute atomic E-state index is 0.0187. The molecule has 162 valence electrons. The molecule has 2 rings (SSSR count). The predicted molar refractivity (Wildman–Crippen MR) is 113 cm³/mol. The smallest absolute Gasteiger partial charge is 0.361 e. The molecular weight excluding hydrogens is 518 g/mol. The van der Waals surface area contributed by atoms with Gasteiger partial charge >= 0.3 is 6.18 Å². The molecule has 3 nitrogen and oxygen atoms in total. The van der Waals surface area contributed by atoms with Gasteiger partial charge in [0.05, 0.1) is 22.2 Å². The summed E-state index contributed by atoms with van der Waals surface area (Å²) in [7, 11) is 0. The second-order valence-electron chi connectivity index (χ2n) is 7.10. The Bertz CT molecular complexity index is 818. The number of amides is 1. The van der Waals surface area contributed by atoms with E-state index in [2.05, 4.69) is 10.6 Å². The van der Waals surface area contributed by atoms with E-state index < -0.39 is 38.9 Å². The first-order chi connectivity index (χ1) is 13.0. The van der Waals surface area contributed by atoms with E-state index in [0.29, 0.717) is 0 Å². The number of nitrogens with one attached hydrogen (secondary N) is 2. The Morgan fingerprint density at radius 3 is 2.28 bits per heavy atom. The lowest BCUT2D eigenvalue weighted by molar-refractivity contribution is -0.137. The lowest BCUT2D eigenvalue weighted by Crippen LogP contribution is -2.50. The van der Waals surface area contributed by atoms with E-state index in [1.54, 1.807) is 0 Å². The standard InChI is InChI=1S/C17H15Cl6F3N2O/c1-15(2)8(6-11(19)20)12(15)13(29)28-14(16(21,22)23)27-10-5-7(17(24,25)26)3-4-9(10)18/h3-6,8,12,14,27H,1-2H3,(H,28,29)/t8-,12+,14-/m1/s1. The zero-order valence-electron chi connectivity index (χ0n) is 14.9. The monoisotopic (exact) mass is 530 g/mol. The average Bonchev–Trinajstić information content (AvgIpc) is 3.06. The number of rotatable bonds is 5. The maximum absolute atomic E-state index is 13.0. The molecule has 0 radical (unpaired) electrons. The summed E-state index contributed by atoms with van der Waals surface area (Å²) in [4.78, 5) is 12.7. The molecule has 1 aromatic carbocycles. The maximum atomic E-state index is 13.0. The van der Waals surface area contributed by atoms with E-state index in [4.69, 9.17) is 69.6 Å². The van der Waals surface area contributed by atoms with E-state index in [9.17, 15) is 18.0 Å². The zero-order valence-corrected chi connectivity index (χ0v) is 19.4. The summed E-state index contributed by atoms with van der Waals surface area (Å²) in [6.45, 7) is 3.66. The number of benzene rings is 1. The van der Waals surface area contributed by atoms with Gasteiger partial charge in [0.15, 0.2) is 0 Å². The summed E-state index contributed by atoms with van der Waals surface area (Å²) in [5, 5.41) is 5.03. The molecule has 0 bridgehead atoms. The number of allylic oxidation sites excluding steroid dienone is 1. The fourth-order valence-electron chi connectivity index (χ4n) is 3.02. The number of anilines is 1. The van der Waals surface area contributed by atoms with E-state index in [-0.39, 0.29) is 21.1 Å². The number of carbonyl (C=O) groups excluding carboxylic acids is 1. The first-order valence-electron chi connectivity index (χ1n) is 8.08. The minimum atomic E-state index is -4.60. The van der Waals surface area contributed by atoms with Crippen molar-refractivity contribution >= 4 is 81.2 Å². The molecule has 0 saturated heterocycles. The Kier molecular flexibility index (Phi) is 7.52. The van der Waals surface area contributed by atoms with Gasteiger partial charge in [-0.3, -0.25) is 4.79 Å². The molecule has 1 aliphatic carbocycles. The Morgan fingerprint density at radius 2 is 1.79 bits per heavy atom. The van der Waals surface area contributed by atoms with Crippen LogP contribution < -0.4 is 10.6 Å². The zero-order chi connectivity index (χ0) is 22.4. The largest absolute Gasteiger partial charge is 0.416 e. The van der Waals surface area contributed by atoms with Crippen LogP contribution >= 0.6 is 69.6 Å². The minimum Gasteiger partial charge on any atom is -0.361 e. The van der Waals surface area contributed by atoms with Crippen LogP contribution in [0.2, 0.25) is 5.02 Å². The van der Waals surface area contributed by atoms with Gasteiger partial charge in [0.2, 0.25) is 9.70 Å². The highest BCUT2D eigenvalue weighted by atomic mass is 35.6. The SMILES string of the molecule is CC1(C)[C@H](C=C(Cl)Cl)[C@H]1C(=O)N[C@@H](Nc1cc(C(F)(F)F)ccc1Cl)C(Cl)(Cl)Cl. The molecule has 29 heavy (non-hydrogen) atoms. The molecule has 2 N–H and O–H groups in total. The molecule has 1 aromatic rings. The van der Waals surface area contributed by atoms with Crippen molar-refractivity contribution in [2.75, 3.05) is 5.32 Å². The highest BCUT2D eigenvalue weighted by Crippen LogP contribution is 2.59. The predicted octanol–water partition coefficient (Wildman–Crippen LogP) is 7.17. The molecule has 12 heteroatoms. The van der Waals surface area contributed by atoms with Crippen LogP contribution in [0.1, 0.15) is 19.4 Å². The summed E-state index contributed by atoms with van der Waals surface area (Å²) in [6.07, 6.45) is -4.43. The summed E-state index contributed by atoms with van der Waals surface area (Å²) in [5.41, 5.74) is -1.57. The van der Waals surface area contributed by atoms with Gasteiger partial charge < -0.3 is 10.6 Å². The first-order valence-corrected chi connectivity index (χ1v) is 10.3. The van der Waals surface area contributed by atoms with Gasteiger partial charge in [0.1, 0.15) is 10.7 Å². The Labute approximate surface area is 195 Å². The van der Waals surface area contributed by atoms with Crippen molar-refractivity contribution < 1.29 is 18.0 Å². The van der Waals surface area contributed by atoms with Gasteiger partial charge in [-0.05, 0) is 35.6 Å². The molecule has 0 aromatic heterocycles. The fourth-order valence-corrected chi connectivity index (χ4v) is 3.80. The van der Waals surface area contributed by atoms with E-state index in [0.717, 1.165) is 18.2 Å². The van der Waals surface area contributed by atoms with Crippen LogP contribution in [0.25, 0.3) is 0 Å². The van der Waals surface area contributed by atoms with Crippen molar-refractivity contribution in [1.29, 1.82) is 0 Å². The molecule has 1 fully saturated rings. The number of hydrogen-bond acceptors (Lipinski definition) is 2. The maximum Gasteiger partial charge on any atom is 0.416 e. The van der Waals surface area contributed by atoms with Gasteiger partial charge in [0, 0.05) is 0 Å². The van der Waals surface area contributed by atoms with Gasteiger partial charge in [-0.2, -0.15) is 13.2 Å². The normalized spacial score (nSPS) is 21.9. The van der Waals surface area contributed by atoms with Gasteiger partial charge in [-0.1, -0.05) is 83.5 Å². The highest BCUT2D eigenvalue weighted by Gasteiger charge is 2.61. The van der Waals surface area contributed by atoms with Crippen LogP contribution in [0.4, 0.5) is 18.9 Å². The summed E-state index contributed by atoms with van der Waals surface area (Å²) in [6, 6.07) is 2.63. The molecule has 1 amide bonds. The van der Waals surface area contributed by atoms with Crippen LogP contribution in [-0.2, 0) is 11.0 Å². The average molecular weight is 533 g/mol. The van der Waals surface area contributed by atoms with Crippen molar-refractivity contribution in [1.82, 2.24) is 5.32 Å². The van der Waals surface area contributed by atoms with Gasteiger partial charge in [-0.25, -0.2) is 0 Å². The molecular formula is C17H15Cl6F3N2O. The summed E-state index contributed by atoms with van der Waals surface area (Å²) in [5.74, 6) is -1.26. The number of alkyl halides is 6. The van der Waals surface area contributed by atoms with Crippen molar-refractivity contribution in [3.8, 4) is 0 Å². The Morgan fingerprint density at radius 1 is 1.21 bits per heavy atom. The van der Waals surface area contributed by atoms with Crippen LogP contribution in [-0.4, -0.2) is 15.9 Å². The van der Waals surface area contributed by atoms with E-state index >= 15 is 0 Å². The van der Waals surface area contributed by atoms with Crippen molar-refractivity contribution in [2.24, 2.45) is 17.3 Å². The summed E-state index contributed by atoms with van der Waals surface area (Å²) >= 11 is 35.1. The molecule has 3 atom stereocenters. The molecule has 0 spiro atoms. The van der Waals surface area contributed by atoms with Crippen LogP contribution in [0.15, 0.2) is 28.8 Å². The molecule has 0 unspecified atom stereocenters. The molecule has 0 heterocycles. The van der Waals surface area contributed by atoms with Gasteiger partial charge in [0.25, 0.3) is 0 Å². The van der Waals surface area contributed by atoms with Crippen molar-refractivity contribution in [3.05, 3.63) is 39.4 Å². The van der Waals surface area contributed by atoms with Crippen molar-refractivity contribution in [3.63, 3.8) is 0 Å². The topological polar surface area (TPSA) is 41.1 Å². The van der Waals surface area contributed by atoms with E-state index in [1.807, 2.05) is 13.8 Å². The molecule has 1 saturated carbocycles. The number of hydrogen-bond donors (Lipinski definition) is 2. The number of carbonyl (C=O) groups is 1. The quantitative estimate of drug-likeness (QED) is 0.312. The third-order valence-corrected chi connectivity index (χ3v) is 5.94. The van der Waals surface area contributed by atoms with Crippen LogP contribution in [0, 0.1) is 17.3 Å². The lowest BCUT2D eigenvalue weighted by Gasteiger charge is -2.28. The molecule has 0 aliphatic heterocycles. The highest BCUT2D eigenvalue weighted by molar-refractivity contribution is 6.68. The van der Waals surface area contributed by atoms with Crippen LogP contribution in [0.3, 0.4) is 0 Å². The third kappa shape index (κ3) is 6.14. The van der Waals surface area contributed by atoms with Crippen molar-refractivity contribution in [2.45, 2.75) is 30.0 Å². The van der Waals surface area contributed by atoms with Gasteiger partial charge in [-0.15, -0.1) is 0 Å². The third-order valence-electron chi connectivity index (χ3n) is 4.71.